The third kappa shape index (κ3) is 3.52. The first kappa shape index (κ1) is 14.9. The molecule has 6 nitrogen and oxygen atoms in total. The molecule has 0 radical (unpaired) electrons. The predicted octanol–water partition coefficient (Wildman–Crippen LogP) is 0.403. The predicted molar refractivity (Wildman–Crippen MR) is 75.7 cm³/mol. The molecule has 1 aliphatic heterocycles. The molecular weight excluding hydrogens is 256 g/mol. The first-order valence-corrected chi connectivity index (χ1v) is 7.03. The van der Waals surface area contributed by atoms with Crippen LogP contribution in [0.5, 0.6) is 0 Å². The Hall–Kier alpha value is -1.53. The molecule has 0 amide bonds. The fourth-order valence-electron chi connectivity index (χ4n) is 2.20. The van der Waals surface area contributed by atoms with Crippen LogP contribution < -0.4 is 5.32 Å². The number of fused-ring (bicyclic) bond motifs is 1. The summed E-state index contributed by atoms with van der Waals surface area (Å²) in [6.45, 7) is 4.55. The molecule has 0 bridgehead atoms. The van der Waals surface area contributed by atoms with Crippen LogP contribution in [-0.4, -0.2) is 54.6 Å². The molecule has 2 heterocycles. The van der Waals surface area contributed by atoms with E-state index in [0.717, 1.165) is 43.0 Å². The van der Waals surface area contributed by atoms with Gasteiger partial charge in [-0.15, -0.1) is 0 Å². The van der Waals surface area contributed by atoms with Crippen molar-refractivity contribution in [3.8, 4) is 0 Å². The van der Waals surface area contributed by atoms with Gasteiger partial charge >= 0.3 is 5.97 Å². The smallest absolute Gasteiger partial charge is 0.357 e. The van der Waals surface area contributed by atoms with Crippen LogP contribution in [0.1, 0.15) is 34.5 Å². The number of hydrogen-bond donors (Lipinski definition) is 1. The molecule has 0 aromatic carbocycles. The van der Waals surface area contributed by atoms with Crippen molar-refractivity contribution in [2.24, 2.45) is 0 Å². The van der Waals surface area contributed by atoms with Gasteiger partial charge in [0.1, 0.15) is 5.82 Å². The maximum absolute atomic E-state index is 12.1. The second-order valence-corrected chi connectivity index (χ2v) is 5.11. The maximum Gasteiger partial charge on any atom is 0.357 e. The summed E-state index contributed by atoms with van der Waals surface area (Å²) in [6.07, 6.45) is 1.57. The number of esters is 1. The van der Waals surface area contributed by atoms with E-state index >= 15 is 0 Å². The standard InChI is InChI=1S/C14H22N4O2/c1-4-20-14(19)13-10-9-15-7-5-11(10)16-12(17-13)6-8-18(2)3/h15H,4-9H2,1-3H3. The summed E-state index contributed by atoms with van der Waals surface area (Å²) in [7, 11) is 4.02. The van der Waals surface area contributed by atoms with Crippen LogP contribution in [0.2, 0.25) is 0 Å². The quantitative estimate of drug-likeness (QED) is 0.787. The van der Waals surface area contributed by atoms with Gasteiger partial charge in [-0.3, -0.25) is 0 Å². The first-order valence-electron chi connectivity index (χ1n) is 7.03. The van der Waals surface area contributed by atoms with Gasteiger partial charge in [0.05, 0.1) is 12.3 Å². The molecule has 0 saturated heterocycles. The summed E-state index contributed by atoms with van der Waals surface area (Å²) < 4.78 is 5.11. The van der Waals surface area contributed by atoms with E-state index < -0.39 is 0 Å². The zero-order valence-corrected chi connectivity index (χ0v) is 12.4. The van der Waals surface area contributed by atoms with Crippen LogP contribution in [0.15, 0.2) is 0 Å². The molecule has 0 saturated carbocycles. The van der Waals surface area contributed by atoms with Crippen molar-refractivity contribution < 1.29 is 9.53 Å². The minimum Gasteiger partial charge on any atom is -0.461 e. The van der Waals surface area contributed by atoms with E-state index in [4.69, 9.17) is 4.74 Å². The molecule has 110 valence electrons. The number of carbonyl (C=O) groups excluding carboxylic acids is 1. The van der Waals surface area contributed by atoms with Crippen molar-refractivity contribution in [3.05, 3.63) is 22.8 Å². The molecule has 0 aliphatic carbocycles. The zero-order chi connectivity index (χ0) is 14.5. The average molecular weight is 278 g/mol. The Balaban J connectivity index is 2.31. The Bertz CT molecular complexity index is 488. The summed E-state index contributed by atoms with van der Waals surface area (Å²) >= 11 is 0. The van der Waals surface area contributed by atoms with Gasteiger partial charge in [-0.25, -0.2) is 14.8 Å². The third-order valence-corrected chi connectivity index (χ3v) is 3.23. The number of nitrogens with one attached hydrogen (secondary N) is 1. The summed E-state index contributed by atoms with van der Waals surface area (Å²) in [6, 6.07) is 0. The van der Waals surface area contributed by atoms with E-state index in [9.17, 15) is 4.79 Å². The minimum absolute atomic E-state index is 0.346. The lowest BCUT2D eigenvalue weighted by Gasteiger charge is -2.19. The molecular formula is C14H22N4O2. The highest BCUT2D eigenvalue weighted by atomic mass is 16.5. The topological polar surface area (TPSA) is 67.3 Å². The maximum atomic E-state index is 12.1. The van der Waals surface area contributed by atoms with Crippen LogP contribution in [0.3, 0.4) is 0 Å². The number of carbonyl (C=O) groups is 1. The molecule has 20 heavy (non-hydrogen) atoms. The second kappa shape index (κ2) is 6.76. The van der Waals surface area contributed by atoms with E-state index in [1.807, 2.05) is 14.1 Å². The first-order chi connectivity index (χ1) is 9.61. The van der Waals surface area contributed by atoms with Gasteiger partial charge in [0.2, 0.25) is 0 Å². The summed E-state index contributed by atoms with van der Waals surface area (Å²) in [4.78, 5) is 23.2. The van der Waals surface area contributed by atoms with E-state index in [-0.39, 0.29) is 5.97 Å². The Labute approximate surface area is 119 Å². The van der Waals surface area contributed by atoms with Crippen LogP contribution >= 0.6 is 0 Å². The fourth-order valence-corrected chi connectivity index (χ4v) is 2.20. The van der Waals surface area contributed by atoms with E-state index in [0.29, 0.717) is 18.8 Å². The molecule has 1 aromatic rings. The lowest BCUT2D eigenvalue weighted by atomic mass is 10.0. The van der Waals surface area contributed by atoms with Gasteiger partial charge in [-0.2, -0.15) is 0 Å². The number of rotatable bonds is 5. The lowest BCUT2D eigenvalue weighted by Crippen LogP contribution is -2.29. The number of ether oxygens (including phenoxy) is 1. The van der Waals surface area contributed by atoms with Crippen molar-refractivity contribution in [2.75, 3.05) is 33.8 Å². The van der Waals surface area contributed by atoms with Crippen molar-refractivity contribution in [1.29, 1.82) is 0 Å². The number of nitrogens with zero attached hydrogens (tertiary/aromatic N) is 3. The summed E-state index contributed by atoms with van der Waals surface area (Å²) in [5, 5.41) is 3.25. The molecule has 0 fully saturated rings. The number of likely N-dealkylation sites (N-methyl/N-ethyl adjacent to an activating group) is 1. The highest BCUT2D eigenvalue weighted by Crippen LogP contribution is 2.17. The van der Waals surface area contributed by atoms with Crippen LogP contribution in [-0.2, 0) is 24.1 Å². The summed E-state index contributed by atoms with van der Waals surface area (Å²) in [5.41, 5.74) is 2.30. The normalized spacial score (nSPS) is 14.2. The van der Waals surface area contributed by atoms with Crippen LogP contribution in [0, 0.1) is 0 Å². The van der Waals surface area contributed by atoms with E-state index in [1.54, 1.807) is 6.92 Å². The lowest BCUT2D eigenvalue weighted by molar-refractivity contribution is 0.0516. The van der Waals surface area contributed by atoms with Gasteiger partial charge in [-0.1, -0.05) is 0 Å². The number of hydrogen-bond acceptors (Lipinski definition) is 6. The van der Waals surface area contributed by atoms with Gasteiger partial charge in [-0.05, 0) is 21.0 Å². The van der Waals surface area contributed by atoms with Crippen LogP contribution in [0.25, 0.3) is 0 Å². The average Bonchev–Trinajstić information content (AvgIpc) is 2.44. The van der Waals surface area contributed by atoms with Gasteiger partial charge in [0.15, 0.2) is 5.69 Å². The molecule has 6 heteroatoms. The molecule has 0 atom stereocenters. The third-order valence-electron chi connectivity index (χ3n) is 3.23. The minimum atomic E-state index is -0.346. The van der Waals surface area contributed by atoms with Crippen molar-refractivity contribution in [1.82, 2.24) is 20.2 Å². The zero-order valence-electron chi connectivity index (χ0n) is 12.4. The Kier molecular flexibility index (Phi) is 5.03. The van der Waals surface area contributed by atoms with Gasteiger partial charge in [0, 0.05) is 38.0 Å². The molecule has 1 aliphatic rings. The largest absolute Gasteiger partial charge is 0.461 e. The highest BCUT2D eigenvalue weighted by Gasteiger charge is 2.22. The summed E-state index contributed by atoms with van der Waals surface area (Å²) in [5.74, 6) is 0.378. The Morgan fingerprint density at radius 2 is 2.20 bits per heavy atom. The monoisotopic (exact) mass is 278 g/mol. The molecule has 1 N–H and O–H groups in total. The van der Waals surface area contributed by atoms with Gasteiger partial charge < -0.3 is 15.0 Å². The van der Waals surface area contributed by atoms with E-state index in [2.05, 4.69) is 20.2 Å². The molecule has 1 aromatic heterocycles. The molecule has 2 rings (SSSR count). The van der Waals surface area contributed by atoms with Crippen molar-refractivity contribution >= 4 is 5.97 Å². The Morgan fingerprint density at radius 1 is 1.40 bits per heavy atom. The highest BCUT2D eigenvalue weighted by molar-refractivity contribution is 5.89. The molecule has 0 unspecified atom stereocenters. The van der Waals surface area contributed by atoms with Crippen LogP contribution in [0.4, 0.5) is 0 Å². The SMILES string of the molecule is CCOC(=O)c1nc(CCN(C)C)nc2c1CNCC2. The van der Waals surface area contributed by atoms with Gasteiger partial charge in [0.25, 0.3) is 0 Å². The second-order valence-electron chi connectivity index (χ2n) is 5.11. The van der Waals surface area contributed by atoms with E-state index in [1.165, 1.54) is 0 Å². The fraction of sp³-hybridized carbons (Fsp3) is 0.643. The Morgan fingerprint density at radius 3 is 2.90 bits per heavy atom. The number of aromatic nitrogens is 2. The van der Waals surface area contributed by atoms with Crippen molar-refractivity contribution in [3.63, 3.8) is 0 Å². The van der Waals surface area contributed by atoms with Crippen molar-refractivity contribution in [2.45, 2.75) is 26.3 Å². The molecule has 0 spiro atoms.